The maximum absolute atomic E-state index is 9.03. The molecular weight excluding hydrogens is 266 g/mol. The molecule has 0 atom stereocenters. The van der Waals surface area contributed by atoms with Gasteiger partial charge in [0.1, 0.15) is 0 Å². The summed E-state index contributed by atoms with van der Waals surface area (Å²) >= 11 is 2.11. The Morgan fingerprint density at radius 1 is 1.25 bits per heavy atom. The van der Waals surface area contributed by atoms with Crippen LogP contribution < -0.4 is 5.46 Å². The van der Waals surface area contributed by atoms with Crippen LogP contribution in [-0.4, -0.2) is 17.2 Å². The first kappa shape index (κ1) is 10.0. The Balaban J connectivity index is 3.28. The van der Waals surface area contributed by atoms with E-state index in [1.165, 1.54) is 0 Å². The van der Waals surface area contributed by atoms with Crippen molar-refractivity contribution in [3.8, 4) is 0 Å². The van der Waals surface area contributed by atoms with E-state index < -0.39 is 7.12 Å². The summed E-state index contributed by atoms with van der Waals surface area (Å²) in [6, 6.07) is 3.87. The van der Waals surface area contributed by atoms with Gasteiger partial charge in [-0.1, -0.05) is 11.6 Å². The summed E-state index contributed by atoms with van der Waals surface area (Å²) in [4.78, 5) is 0. The standard InChI is InChI=1S/C8H10BIO2/c1-5-3-6(2)8(9(11)12)7(10)4-5/h3-4,11-12H,1-2H3. The van der Waals surface area contributed by atoms with Crippen LogP contribution in [0.15, 0.2) is 12.1 Å². The number of benzene rings is 1. The van der Waals surface area contributed by atoms with Crippen molar-refractivity contribution in [2.24, 2.45) is 0 Å². The lowest BCUT2D eigenvalue weighted by atomic mass is 9.77. The summed E-state index contributed by atoms with van der Waals surface area (Å²) in [6.45, 7) is 3.87. The van der Waals surface area contributed by atoms with E-state index in [-0.39, 0.29) is 0 Å². The Morgan fingerprint density at radius 3 is 2.25 bits per heavy atom. The molecule has 2 nitrogen and oxygen atoms in total. The molecule has 0 heterocycles. The lowest BCUT2D eigenvalue weighted by Gasteiger charge is -2.08. The Labute approximate surface area is 85.9 Å². The van der Waals surface area contributed by atoms with E-state index in [4.69, 9.17) is 10.0 Å². The van der Waals surface area contributed by atoms with Crippen LogP contribution in [-0.2, 0) is 0 Å². The molecular formula is C8H10BIO2. The van der Waals surface area contributed by atoms with E-state index in [0.717, 1.165) is 14.7 Å². The predicted octanol–water partition coefficient (Wildman–Crippen LogP) is 0.588. The highest BCUT2D eigenvalue weighted by Crippen LogP contribution is 2.09. The molecule has 1 aromatic rings. The molecule has 0 unspecified atom stereocenters. The third kappa shape index (κ3) is 2.00. The number of hydrogen-bond acceptors (Lipinski definition) is 2. The van der Waals surface area contributed by atoms with Gasteiger partial charge in [-0.2, -0.15) is 0 Å². The van der Waals surface area contributed by atoms with Gasteiger partial charge in [0.15, 0.2) is 0 Å². The average Bonchev–Trinajstić information content (AvgIpc) is 1.82. The Kier molecular flexibility index (Phi) is 3.14. The fourth-order valence-corrected chi connectivity index (χ4v) is 2.45. The topological polar surface area (TPSA) is 40.5 Å². The molecule has 12 heavy (non-hydrogen) atoms. The van der Waals surface area contributed by atoms with Gasteiger partial charge in [-0.05, 0) is 53.5 Å². The zero-order valence-corrected chi connectivity index (χ0v) is 9.16. The van der Waals surface area contributed by atoms with Crippen molar-refractivity contribution < 1.29 is 10.0 Å². The third-order valence-electron chi connectivity index (χ3n) is 1.74. The van der Waals surface area contributed by atoms with Gasteiger partial charge in [0.2, 0.25) is 0 Å². The molecule has 0 bridgehead atoms. The van der Waals surface area contributed by atoms with Crippen LogP contribution >= 0.6 is 22.6 Å². The highest BCUT2D eigenvalue weighted by Gasteiger charge is 2.17. The van der Waals surface area contributed by atoms with Crippen molar-refractivity contribution in [3.63, 3.8) is 0 Å². The van der Waals surface area contributed by atoms with Gasteiger partial charge in [0.05, 0.1) is 0 Å². The summed E-state index contributed by atoms with van der Waals surface area (Å²) < 4.78 is 0.903. The maximum atomic E-state index is 9.03. The molecule has 0 saturated heterocycles. The maximum Gasteiger partial charge on any atom is 0.489 e. The molecule has 0 fully saturated rings. The normalized spacial score (nSPS) is 10.1. The van der Waals surface area contributed by atoms with Crippen molar-refractivity contribution >= 4 is 35.2 Å². The zero-order valence-electron chi connectivity index (χ0n) is 7.00. The van der Waals surface area contributed by atoms with Gasteiger partial charge in [-0.15, -0.1) is 0 Å². The van der Waals surface area contributed by atoms with E-state index in [1.807, 2.05) is 26.0 Å². The van der Waals surface area contributed by atoms with Crippen molar-refractivity contribution in [2.75, 3.05) is 0 Å². The molecule has 1 aromatic carbocycles. The zero-order chi connectivity index (χ0) is 9.30. The second kappa shape index (κ2) is 3.76. The van der Waals surface area contributed by atoms with Crippen molar-refractivity contribution in [1.29, 1.82) is 0 Å². The van der Waals surface area contributed by atoms with Gasteiger partial charge in [-0.25, -0.2) is 0 Å². The SMILES string of the molecule is Cc1cc(C)c(B(O)O)c(I)c1. The number of rotatable bonds is 1. The van der Waals surface area contributed by atoms with Gasteiger partial charge in [0, 0.05) is 3.57 Å². The van der Waals surface area contributed by atoms with E-state index >= 15 is 0 Å². The van der Waals surface area contributed by atoms with Crippen LogP contribution in [0.25, 0.3) is 0 Å². The molecule has 0 aromatic heterocycles. The van der Waals surface area contributed by atoms with Gasteiger partial charge >= 0.3 is 7.12 Å². The highest BCUT2D eigenvalue weighted by atomic mass is 127. The Morgan fingerprint density at radius 2 is 1.83 bits per heavy atom. The summed E-state index contributed by atoms with van der Waals surface area (Å²) in [6.07, 6.45) is 0. The molecule has 0 amide bonds. The number of aryl methyl sites for hydroxylation is 2. The second-order valence-electron chi connectivity index (χ2n) is 2.85. The molecule has 2 N–H and O–H groups in total. The van der Waals surface area contributed by atoms with Crippen molar-refractivity contribution in [2.45, 2.75) is 13.8 Å². The van der Waals surface area contributed by atoms with E-state index in [9.17, 15) is 0 Å². The molecule has 0 radical (unpaired) electrons. The first-order valence-corrected chi connectivity index (χ1v) is 4.73. The Hall–Kier alpha value is -0.0651. The molecule has 64 valence electrons. The molecule has 0 saturated carbocycles. The van der Waals surface area contributed by atoms with Gasteiger partial charge in [-0.3, -0.25) is 0 Å². The largest absolute Gasteiger partial charge is 0.489 e. The highest BCUT2D eigenvalue weighted by molar-refractivity contribution is 14.1. The van der Waals surface area contributed by atoms with Crippen LogP contribution in [0.3, 0.4) is 0 Å². The Bertz CT molecular complexity index is 276. The first-order valence-electron chi connectivity index (χ1n) is 3.65. The van der Waals surface area contributed by atoms with Gasteiger partial charge < -0.3 is 10.0 Å². The lowest BCUT2D eigenvalue weighted by Crippen LogP contribution is -2.34. The average molecular weight is 276 g/mol. The summed E-state index contributed by atoms with van der Waals surface area (Å²) in [5.41, 5.74) is 2.68. The third-order valence-corrected chi connectivity index (χ3v) is 2.63. The second-order valence-corrected chi connectivity index (χ2v) is 4.01. The van der Waals surface area contributed by atoms with Crippen LogP contribution in [0.5, 0.6) is 0 Å². The molecule has 0 aliphatic rings. The minimum Gasteiger partial charge on any atom is -0.423 e. The van der Waals surface area contributed by atoms with Crippen LogP contribution in [0, 0.1) is 17.4 Å². The van der Waals surface area contributed by atoms with Crippen LogP contribution in [0.1, 0.15) is 11.1 Å². The molecule has 0 spiro atoms. The van der Waals surface area contributed by atoms with E-state index in [2.05, 4.69) is 22.6 Å². The minimum atomic E-state index is -1.36. The summed E-state index contributed by atoms with van der Waals surface area (Å²) in [5.74, 6) is 0. The number of hydrogen-bond donors (Lipinski definition) is 2. The summed E-state index contributed by atoms with van der Waals surface area (Å²) in [7, 11) is -1.36. The van der Waals surface area contributed by atoms with Crippen LogP contribution in [0.2, 0.25) is 0 Å². The monoisotopic (exact) mass is 276 g/mol. The molecule has 0 aliphatic carbocycles. The van der Waals surface area contributed by atoms with Gasteiger partial charge in [0.25, 0.3) is 0 Å². The molecule has 4 heteroatoms. The molecule has 1 rings (SSSR count). The fraction of sp³-hybridized carbons (Fsp3) is 0.250. The molecule has 0 aliphatic heterocycles. The van der Waals surface area contributed by atoms with Crippen molar-refractivity contribution in [1.82, 2.24) is 0 Å². The number of halogens is 1. The van der Waals surface area contributed by atoms with E-state index in [0.29, 0.717) is 5.46 Å². The summed E-state index contributed by atoms with van der Waals surface area (Å²) in [5, 5.41) is 18.1. The fourth-order valence-electron chi connectivity index (χ4n) is 1.25. The quantitative estimate of drug-likeness (QED) is 0.582. The smallest absolute Gasteiger partial charge is 0.423 e. The van der Waals surface area contributed by atoms with Crippen LogP contribution in [0.4, 0.5) is 0 Å². The lowest BCUT2D eigenvalue weighted by molar-refractivity contribution is 0.425. The van der Waals surface area contributed by atoms with Crippen molar-refractivity contribution in [3.05, 3.63) is 26.8 Å². The minimum absolute atomic E-state index is 0.612. The predicted molar refractivity (Wildman–Crippen MR) is 58.5 cm³/mol. The first-order chi connectivity index (χ1) is 5.52. The van der Waals surface area contributed by atoms with E-state index in [1.54, 1.807) is 0 Å².